The molecule has 4 heteroatoms. The Bertz CT molecular complexity index is 170. The lowest BCUT2D eigenvalue weighted by atomic mass is 9.92. The topological polar surface area (TPSA) is 44.7 Å². The van der Waals surface area contributed by atoms with Crippen molar-refractivity contribution in [2.75, 3.05) is 46.4 Å². The smallest absolute Gasteiger partial charge is 0.0798 e. The molecule has 0 aliphatic carbocycles. The van der Waals surface area contributed by atoms with E-state index in [0.717, 1.165) is 52.2 Å². The minimum atomic E-state index is -0.494. The van der Waals surface area contributed by atoms with Crippen LogP contribution in [0.25, 0.3) is 0 Å². The highest BCUT2D eigenvalue weighted by Crippen LogP contribution is 2.18. The number of nitrogens with one attached hydrogen (secondary N) is 1. The molecule has 0 amide bonds. The maximum Gasteiger partial charge on any atom is 0.0798 e. The SMILES string of the molecule is CCOCCN(C)CC1(O)CCNCC1. The summed E-state index contributed by atoms with van der Waals surface area (Å²) < 4.78 is 5.29. The van der Waals surface area contributed by atoms with Crippen molar-refractivity contribution >= 4 is 0 Å². The number of likely N-dealkylation sites (N-methyl/N-ethyl adjacent to an activating group) is 1. The molecule has 0 radical (unpaired) electrons. The van der Waals surface area contributed by atoms with Gasteiger partial charge in [-0.2, -0.15) is 0 Å². The van der Waals surface area contributed by atoms with Gasteiger partial charge in [-0.3, -0.25) is 0 Å². The number of hydrogen-bond donors (Lipinski definition) is 2. The summed E-state index contributed by atoms with van der Waals surface area (Å²) in [6, 6.07) is 0. The Hall–Kier alpha value is -0.160. The highest BCUT2D eigenvalue weighted by atomic mass is 16.5. The summed E-state index contributed by atoms with van der Waals surface area (Å²) in [6.07, 6.45) is 1.71. The number of aliphatic hydroxyl groups is 1. The van der Waals surface area contributed by atoms with E-state index < -0.39 is 5.60 Å². The molecule has 0 aromatic carbocycles. The zero-order valence-corrected chi connectivity index (χ0v) is 9.96. The molecule has 4 nitrogen and oxygen atoms in total. The fourth-order valence-corrected chi connectivity index (χ4v) is 2.00. The second kappa shape index (κ2) is 6.43. The quantitative estimate of drug-likeness (QED) is 0.617. The van der Waals surface area contributed by atoms with Crippen LogP contribution in [-0.4, -0.2) is 62.0 Å². The summed E-state index contributed by atoms with van der Waals surface area (Å²) >= 11 is 0. The first-order chi connectivity index (χ1) is 7.16. The zero-order chi connectivity index (χ0) is 11.1. The van der Waals surface area contributed by atoms with Gasteiger partial charge in [-0.15, -0.1) is 0 Å². The van der Waals surface area contributed by atoms with E-state index in [0.29, 0.717) is 0 Å². The lowest BCUT2D eigenvalue weighted by Crippen LogP contribution is -2.49. The summed E-state index contributed by atoms with van der Waals surface area (Å²) in [7, 11) is 2.04. The highest BCUT2D eigenvalue weighted by molar-refractivity contribution is 4.86. The van der Waals surface area contributed by atoms with Crippen molar-refractivity contribution in [1.82, 2.24) is 10.2 Å². The van der Waals surface area contributed by atoms with Crippen molar-refractivity contribution in [3.63, 3.8) is 0 Å². The minimum Gasteiger partial charge on any atom is -0.388 e. The molecule has 1 heterocycles. The monoisotopic (exact) mass is 216 g/mol. The molecular formula is C11H24N2O2. The first kappa shape index (κ1) is 12.9. The van der Waals surface area contributed by atoms with Gasteiger partial charge in [0.15, 0.2) is 0 Å². The molecule has 1 fully saturated rings. The Morgan fingerprint density at radius 3 is 2.67 bits per heavy atom. The average Bonchev–Trinajstić information content (AvgIpc) is 2.18. The second-order valence-electron chi connectivity index (χ2n) is 4.41. The Morgan fingerprint density at radius 1 is 1.40 bits per heavy atom. The van der Waals surface area contributed by atoms with Gasteiger partial charge in [-0.1, -0.05) is 0 Å². The number of hydrogen-bond acceptors (Lipinski definition) is 4. The lowest BCUT2D eigenvalue weighted by Gasteiger charge is -2.35. The largest absolute Gasteiger partial charge is 0.388 e. The van der Waals surface area contributed by atoms with E-state index >= 15 is 0 Å². The van der Waals surface area contributed by atoms with E-state index in [1.54, 1.807) is 0 Å². The molecule has 1 saturated heterocycles. The van der Waals surface area contributed by atoms with E-state index in [-0.39, 0.29) is 0 Å². The number of rotatable bonds is 6. The molecule has 0 spiro atoms. The molecular weight excluding hydrogens is 192 g/mol. The van der Waals surface area contributed by atoms with Crippen molar-refractivity contribution in [2.45, 2.75) is 25.4 Å². The van der Waals surface area contributed by atoms with Gasteiger partial charge < -0.3 is 20.1 Å². The predicted molar refractivity (Wildman–Crippen MR) is 61.0 cm³/mol. The van der Waals surface area contributed by atoms with Crippen LogP contribution in [0.3, 0.4) is 0 Å². The molecule has 0 aromatic rings. The van der Waals surface area contributed by atoms with Gasteiger partial charge >= 0.3 is 0 Å². The molecule has 0 bridgehead atoms. The minimum absolute atomic E-state index is 0.494. The van der Waals surface area contributed by atoms with Crippen molar-refractivity contribution in [3.05, 3.63) is 0 Å². The molecule has 15 heavy (non-hydrogen) atoms. The van der Waals surface area contributed by atoms with Crippen molar-refractivity contribution in [3.8, 4) is 0 Å². The maximum absolute atomic E-state index is 10.3. The fraction of sp³-hybridized carbons (Fsp3) is 1.00. The van der Waals surface area contributed by atoms with Gasteiger partial charge in [-0.25, -0.2) is 0 Å². The Kier molecular flexibility index (Phi) is 5.53. The molecule has 0 unspecified atom stereocenters. The van der Waals surface area contributed by atoms with Gasteiger partial charge in [0.1, 0.15) is 0 Å². The van der Waals surface area contributed by atoms with Crippen LogP contribution in [0.15, 0.2) is 0 Å². The molecule has 0 saturated carbocycles. The van der Waals surface area contributed by atoms with E-state index in [4.69, 9.17) is 4.74 Å². The molecule has 0 aromatic heterocycles. The van der Waals surface area contributed by atoms with Crippen molar-refractivity contribution in [2.24, 2.45) is 0 Å². The van der Waals surface area contributed by atoms with Gasteiger partial charge in [0, 0.05) is 19.7 Å². The third-order valence-corrected chi connectivity index (χ3v) is 2.92. The van der Waals surface area contributed by atoms with E-state index in [1.807, 2.05) is 14.0 Å². The predicted octanol–water partition coefficient (Wildman–Crippen LogP) is 0.0692. The molecule has 90 valence electrons. The van der Waals surface area contributed by atoms with Crippen LogP contribution < -0.4 is 5.32 Å². The van der Waals surface area contributed by atoms with E-state index in [9.17, 15) is 5.11 Å². The van der Waals surface area contributed by atoms with Crippen LogP contribution >= 0.6 is 0 Å². The van der Waals surface area contributed by atoms with Gasteiger partial charge in [0.05, 0.1) is 12.2 Å². The fourth-order valence-electron chi connectivity index (χ4n) is 2.00. The molecule has 2 N–H and O–H groups in total. The van der Waals surface area contributed by atoms with Gasteiger partial charge in [-0.05, 0) is 39.9 Å². The number of ether oxygens (including phenoxy) is 1. The number of nitrogens with zero attached hydrogens (tertiary/aromatic N) is 1. The first-order valence-corrected chi connectivity index (χ1v) is 5.86. The second-order valence-corrected chi connectivity index (χ2v) is 4.41. The third kappa shape index (κ3) is 4.93. The molecule has 0 atom stereocenters. The highest BCUT2D eigenvalue weighted by Gasteiger charge is 2.29. The first-order valence-electron chi connectivity index (χ1n) is 5.86. The Morgan fingerprint density at radius 2 is 2.07 bits per heavy atom. The average molecular weight is 216 g/mol. The van der Waals surface area contributed by atoms with Crippen LogP contribution in [-0.2, 0) is 4.74 Å². The Balaban J connectivity index is 2.20. The standard InChI is InChI=1S/C11H24N2O2/c1-3-15-9-8-13(2)10-11(14)4-6-12-7-5-11/h12,14H,3-10H2,1-2H3. The molecule has 1 rings (SSSR count). The van der Waals surface area contributed by atoms with Crippen LogP contribution in [0, 0.1) is 0 Å². The molecule has 1 aliphatic heterocycles. The normalized spacial score (nSPS) is 20.8. The van der Waals surface area contributed by atoms with Crippen molar-refractivity contribution < 1.29 is 9.84 Å². The molecule has 1 aliphatic rings. The van der Waals surface area contributed by atoms with Crippen LogP contribution in [0.2, 0.25) is 0 Å². The van der Waals surface area contributed by atoms with E-state index in [2.05, 4.69) is 10.2 Å². The van der Waals surface area contributed by atoms with Gasteiger partial charge in [0.25, 0.3) is 0 Å². The summed E-state index contributed by atoms with van der Waals surface area (Å²) in [4.78, 5) is 2.15. The summed E-state index contributed by atoms with van der Waals surface area (Å²) in [6.45, 7) is 7.01. The van der Waals surface area contributed by atoms with Crippen LogP contribution in [0.5, 0.6) is 0 Å². The zero-order valence-electron chi connectivity index (χ0n) is 9.96. The van der Waals surface area contributed by atoms with Crippen molar-refractivity contribution in [1.29, 1.82) is 0 Å². The lowest BCUT2D eigenvalue weighted by molar-refractivity contribution is -0.0198. The maximum atomic E-state index is 10.3. The number of piperidine rings is 1. The van der Waals surface area contributed by atoms with Crippen LogP contribution in [0.4, 0.5) is 0 Å². The summed E-state index contributed by atoms with van der Waals surface area (Å²) in [5.41, 5.74) is -0.494. The summed E-state index contributed by atoms with van der Waals surface area (Å²) in [5, 5.41) is 13.5. The van der Waals surface area contributed by atoms with Crippen LogP contribution in [0.1, 0.15) is 19.8 Å². The van der Waals surface area contributed by atoms with Gasteiger partial charge in [0.2, 0.25) is 0 Å². The Labute approximate surface area is 92.6 Å². The summed E-state index contributed by atoms with van der Waals surface area (Å²) in [5.74, 6) is 0. The third-order valence-electron chi connectivity index (χ3n) is 2.92. The van der Waals surface area contributed by atoms with E-state index in [1.165, 1.54) is 0 Å².